The third-order valence-electron chi connectivity index (χ3n) is 8.31. The molecule has 248 valence electrons. The molecular formula is C25H40O18. The SMILES string of the molecule is CC1(C)O[C@@H]2O[C@H](COC3(C)O[C@@H]4O[C@H](CO)[C@@H](O)[C@H](O)[C@@H]4O3)[C@@H](O)[C@H](OC3(C)O[C@@H]4O[C@H](CO)[C@@H](O)[C@H](O)[C@@H]4O3)[C@@H]2O1. The summed E-state index contributed by atoms with van der Waals surface area (Å²) in [6.07, 6.45) is -18.5. The quantitative estimate of drug-likeness (QED) is 0.141. The highest BCUT2D eigenvalue weighted by Crippen LogP contribution is 2.44. The minimum atomic E-state index is -1.91. The molecule has 6 heterocycles. The molecule has 0 spiro atoms. The fourth-order valence-electron chi connectivity index (χ4n) is 6.15. The van der Waals surface area contributed by atoms with Crippen molar-refractivity contribution in [3.63, 3.8) is 0 Å². The molecule has 18 nitrogen and oxygen atoms in total. The van der Waals surface area contributed by atoms with E-state index < -0.39 is 123 Å². The van der Waals surface area contributed by atoms with Gasteiger partial charge in [0.25, 0.3) is 11.9 Å². The predicted octanol–water partition coefficient (Wildman–Crippen LogP) is -4.32. The number of hydrogen-bond donors (Lipinski definition) is 7. The van der Waals surface area contributed by atoms with Crippen molar-refractivity contribution in [1.82, 2.24) is 0 Å². The Hall–Kier alpha value is -0.720. The summed E-state index contributed by atoms with van der Waals surface area (Å²) < 4.78 is 63.8. The molecule has 0 aliphatic carbocycles. The van der Waals surface area contributed by atoms with E-state index >= 15 is 0 Å². The van der Waals surface area contributed by atoms with Crippen molar-refractivity contribution < 1.29 is 87.9 Å². The van der Waals surface area contributed by atoms with Gasteiger partial charge < -0.3 is 78.4 Å². The first-order chi connectivity index (χ1) is 20.2. The average molecular weight is 629 g/mol. The monoisotopic (exact) mass is 628 g/mol. The van der Waals surface area contributed by atoms with Crippen LogP contribution in [-0.4, -0.2) is 165 Å². The Kier molecular flexibility index (Phi) is 8.63. The molecule has 7 N–H and O–H groups in total. The van der Waals surface area contributed by atoms with Gasteiger partial charge in [-0.15, -0.1) is 0 Å². The summed E-state index contributed by atoms with van der Waals surface area (Å²) in [5.74, 6) is -4.85. The van der Waals surface area contributed by atoms with E-state index in [1.807, 2.05) is 0 Å². The maximum Gasteiger partial charge on any atom is 0.283 e. The first kappa shape index (κ1) is 32.2. The molecule has 6 saturated heterocycles. The van der Waals surface area contributed by atoms with Crippen LogP contribution in [0.5, 0.6) is 0 Å². The zero-order valence-corrected chi connectivity index (χ0v) is 23.9. The molecule has 17 atom stereocenters. The number of rotatable bonds is 7. The summed E-state index contributed by atoms with van der Waals surface area (Å²) in [6.45, 7) is 4.57. The van der Waals surface area contributed by atoms with Crippen LogP contribution in [0.2, 0.25) is 0 Å². The Bertz CT molecular complexity index is 1000. The van der Waals surface area contributed by atoms with E-state index in [0.29, 0.717) is 0 Å². The lowest BCUT2D eigenvalue weighted by Crippen LogP contribution is -2.61. The van der Waals surface area contributed by atoms with Gasteiger partial charge in [-0.25, -0.2) is 0 Å². The Balaban J connectivity index is 1.15. The van der Waals surface area contributed by atoms with Gasteiger partial charge in [0.05, 0.1) is 19.8 Å². The Morgan fingerprint density at radius 3 is 1.58 bits per heavy atom. The molecule has 0 aromatic rings. The fraction of sp³-hybridized carbons (Fsp3) is 1.00. The summed E-state index contributed by atoms with van der Waals surface area (Å²) in [7, 11) is 0. The van der Waals surface area contributed by atoms with E-state index in [2.05, 4.69) is 0 Å². The highest BCUT2D eigenvalue weighted by atomic mass is 17.0. The zero-order valence-electron chi connectivity index (χ0n) is 23.9. The maximum absolute atomic E-state index is 11.4. The molecular weight excluding hydrogens is 588 g/mol. The highest BCUT2D eigenvalue weighted by molar-refractivity contribution is 4.98. The van der Waals surface area contributed by atoms with Crippen LogP contribution in [0.15, 0.2) is 0 Å². The van der Waals surface area contributed by atoms with Gasteiger partial charge in [-0.3, -0.25) is 9.47 Å². The van der Waals surface area contributed by atoms with Crippen LogP contribution in [0.25, 0.3) is 0 Å². The summed E-state index contributed by atoms with van der Waals surface area (Å²) in [5, 5.41) is 71.7. The van der Waals surface area contributed by atoms with Gasteiger partial charge in [0, 0.05) is 13.8 Å². The van der Waals surface area contributed by atoms with E-state index in [-0.39, 0.29) is 6.61 Å². The topological polar surface area (TPSA) is 243 Å². The standard InChI is InChI=1S/C25H40O18/c1-23(2)37-19-16(38-25(4)40-18-15(32)12(29)9(6-27)35-21(18)43-25)13(30)10(36-22(19)41-23)7-33-24(3)39-17-14(31)11(28)8(5-26)34-20(17)42-24/h8-22,26-32H,5-7H2,1-4H3/t8-,9-,10-,11-,12-,13-,14+,15+,16+,17+,18+,19+,20+,21+,22+,24?,25?/m1/s1. The van der Waals surface area contributed by atoms with Gasteiger partial charge >= 0.3 is 0 Å². The normalized spacial score (nSPS) is 56.0. The molecule has 0 bridgehead atoms. The van der Waals surface area contributed by atoms with Crippen LogP contribution in [0.4, 0.5) is 0 Å². The first-order valence-electron chi connectivity index (χ1n) is 14.1. The lowest BCUT2D eigenvalue weighted by atomic mass is 9.99. The molecule has 0 aromatic heterocycles. The predicted molar refractivity (Wildman–Crippen MR) is 130 cm³/mol. The van der Waals surface area contributed by atoms with E-state index in [4.69, 9.17) is 52.1 Å². The average Bonchev–Trinajstić information content (AvgIpc) is 3.58. The molecule has 0 saturated carbocycles. The third-order valence-corrected chi connectivity index (χ3v) is 8.31. The second-order valence-corrected chi connectivity index (χ2v) is 12.1. The Morgan fingerprint density at radius 1 is 0.535 bits per heavy atom. The van der Waals surface area contributed by atoms with Crippen molar-refractivity contribution in [3.8, 4) is 0 Å². The van der Waals surface area contributed by atoms with Crippen molar-refractivity contribution >= 4 is 0 Å². The van der Waals surface area contributed by atoms with E-state index in [1.54, 1.807) is 13.8 Å². The van der Waals surface area contributed by atoms with Gasteiger partial charge in [-0.05, 0) is 13.8 Å². The van der Waals surface area contributed by atoms with E-state index in [9.17, 15) is 35.7 Å². The zero-order chi connectivity index (χ0) is 31.1. The summed E-state index contributed by atoms with van der Waals surface area (Å²) >= 11 is 0. The largest absolute Gasteiger partial charge is 0.394 e. The second-order valence-electron chi connectivity index (χ2n) is 12.1. The van der Waals surface area contributed by atoms with E-state index in [1.165, 1.54) is 13.8 Å². The lowest BCUT2D eigenvalue weighted by molar-refractivity contribution is -0.396. The van der Waals surface area contributed by atoms with E-state index in [0.717, 1.165) is 0 Å². The third kappa shape index (κ3) is 5.86. The molecule has 6 aliphatic rings. The van der Waals surface area contributed by atoms with Crippen LogP contribution in [0.1, 0.15) is 27.7 Å². The molecule has 6 rings (SSSR count). The summed E-state index contributed by atoms with van der Waals surface area (Å²) in [5.41, 5.74) is 0. The van der Waals surface area contributed by atoms with Gasteiger partial charge in [-0.1, -0.05) is 0 Å². The minimum absolute atomic E-state index is 0.359. The Morgan fingerprint density at radius 2 is 1.02 bits per heavy atom. The molecule has 0 aromatic carbocycles. The molecule has 0 amide bonds. The first-order valence-corrected chi connectivity index (χ1v) is 14.1. The Labute approximate surface area is 245 Å². The molecule has 6 aliphatic heterocycles. The maximum atomic E-state index is 11.4. The molecule has 6 fully saturated rings. The van der Waals surface area contributed by atoms with Crippen LogP contribution >= 0.6 is 0 Å². The smallest absolute Gasteiger partial charge is 0.283 e. The van der Waals surface area contributed by atoms with Crippen molar-refractivity contribution in [2.75, 3.05) is 19.8 Å². The number of ether oxygens (including phenoxy) is 11. The number of fused-ring (bicyclic) bond motifs is 3. The number of hydrogen-bond acceptors (Lipinski definition) is 18. The lowest BCUT2D eigenvalue weighted by Gasteiger charge is -2.42. The van der Waals surface area contributed by atoms with Gasteiger partial charge in [0.15, 0.2) is 24.7 Å². The molecule has 0 radical (unpaired) electrons. The van der Waals surface area contributed by atoms with Crippen LogP contribution in [0, 0.1) is 0 Å². The molecule has 18 heteroatoms. The van der Waals surface area contributed by atoms with Crippen molar-refractivity contribution in [3.05, 3.63) is 0 Å². The van der Waals surface area contributed by atoms with Crippen LogP contribution in [0.3, 0.4) is 0 Å². The highest BCUT2D eigenvalue weighted by Gasteiger charge is 2.62. The van der Waals surface area contributed by atoms with Crippen LogP contribution < -0.4 is 0 Å². The fourth-order valence-corrected chi connectivity index (χ4v) is 6.15. The molecule has 2 unspecified atom stereocenters. The second kappa shape index (κ2) is 11.5. The van der Waals surface area contributed by atoms with Crippen molar-refractivity contribution in [1.29, 1.82) is 0 Å². The van der Waals surface area contributed by atoms with Gasteiger partial charge in [-0.2, -0.15) is 0 Å². The number of aliphatic hydroxyl groups is 7. The molecule has 43 heavy (non-hydrogen) atoms. The summed E-state index contributed by atoms with van der Waals surface area (Å²) in [4.78, 5) is 0. The van der Waals surface area contributed by atoms with Crippen molar-refractivity contribution in [2.24, 2.45) is 0 Å². The van der Waals surface area contributed by atoms with Crippen LogP contribution in [-0.2, 0) is 52.1 Å². The number of aliphatic hydroxyl groups excluding tert-OH is 7. The summed E-state index contributed by atoms with van der Waals surface area (Å²) in [6, 6.07) is 0. The minimum Gasteiger partial charge on any atom is -0.394 e. The van der Waals surface area contributed by atoms with Gasteiger partial charge in [0.1, 0.15) is 73.2 Å². The van der Waals surface area contributed by atoms with Gasteiger partial charge in [0.2, 0.25) is 0 Å². The van der Waals surface area contributed by atoms with Crippen molar-refractivity contribution in [2.45, 2.75) is 138 Å².